The van der Waals surface area contributed by atoms with E-state index in [1.54, 1.807) is 11.8 Å². The molecule has 14 heavy (non-hydrogen) atoms. The molecule has 0 radical (unpaired) electrons. The van der Waals surface area contributed by atoms with Crippen LogP contribution in [0.5, 0.6) is 0 Å². The maximum atomic E-state index is 12.6. The van der Waals surface area contributed by atoms with Crippen LogP contribution < -0.4 is 5.32 Å². The molecular weight excluding hydrogens is 197 g/mol. The van der Waals surface area contributed by atoms with Gasteiger partial charge in [-0.1, -0.05) is 6.92 Å². The van der Waals surface area contributed by atoms with Crippen molar-refractivity contribution in [1.29, 1.82) is 0 Å². The van der Waals surface area contributed by atoms with Crippen LogP contribution in [-0.2, 0) is 0 Å². The molecule has 2 atom stereocenters. The summed E-state index contributed by atoms with van der Waals surface area (Å²) >= 11 is 1.76. The topological polar surface area (TPSA) is 12.0 Å². The number of halogens is 1. The first-order chi connectivity index (χ1) is 6.63. The molecule has 0 aliphatic rings. The highest BCUT2D eigenvalue weighted by Gasteiger charge is 2.10. The molecule has 0 bridgehead atoms. The van der Waals surface area contributed by atoms with Crippen molar-refractivity contribution in [3.63, 3.8) is 0 Å². The van der Waals surface area contributed by atoms with Gasteiger partial charge in [-0.3, -0.25) is 0 Å². The Hall–Kier alpha value is -0.540. The Bertz CT molecular complexity index is 273. The molecular formula is C11H16FNS. The first-order valence-electron chi connectivity index (χ1n) is 4.73. The van der Waals surface area contributed by atoms with Crippen molar-refractivity contribution in [1.82, 2.24) is 5.32 Å². The summed E-state index contributed by atoms with van der Waals surface area (Å²) < 4.78 is 12.6. The molecule has 3 heteroatoms. The summed E-state index contributed by atoms with van der Waals surface area (Å²) in [7, 11) is 1.95. The zero-order chi connectivity index (χ0) is 10.6. The van der Waals surface area contributed by atoms with Crippen LogP contribution in [-0.4, -0.2) is 18.3 Å². The van der Waals surface area contributed by atoms with Gasteiger partial charge in [0.05, 0.1) is 0 Å². The Morgan fingerprint density at radius 1 is 1.21 bits per heavy atom. The summed E-state index contributed by atoms with van der Waals surface area (Å²) in [6.07, 6.45) is 0. The SMILES string of the molecule is CNC(C)C(C)Sc1ccc(F)cc1. The molecule has 1 aromatic carbocycles. The summed E-state index contributed by atoms with van der Waals surface area (Å²) in [6, 6.07) is 7.08. The third-order valence-corrected chi connectivity index (χ3v) is 3.62. The standard InChI is InChI=1S/C11H16FNS/c1-8(13-3)9(2)14-11-6-4-10(12)5-7-11/h4-9,13H,1-3H3. The van der Waals surface area contributed by atoms with Crippen LogP contribution in [0.4, 0.5) is 4.39 Å². The molecule has 0 spiro atoms. The van der Waals surface area contributed by atoms with E-state index in [0.717, 1.165) is 4.90 Å². The van der Waals surface area contributed by atoms with Crippen LogP contribution in [0, 0.1) is 5.82 Å². The molecule has 0 aliphatic carbocycles. The highest BCUT2D eigenvalue weighted by molar-refractivity contribution is 8.00. The van der Waals surface area contributed by atoms with E-state index >= 15 is 0 Å². The molecule has 0 fully saturated rings. The molecule has 0 heterocycles. The van der Waals surface area contributed by atoms with Crippen LogP contribution in [0.1, 0.15) is 13.8 Å². The van der Waals surface area contributed by atoms with Crippen LogP contribution in [0.25, 0.3) is 0 Å². The van der Waals surface area contributed by atoms with Gasteiger partial charge >= 0.3 is 0 Å². The zero-order valence-electron chi connectivity index (χ0n) is 8.75. The van der Waals surface area contributed by atoms with Crippen molar-refractivity contribution in [2.45, 2.75) is 30.0 Å². The van der Waals surface area contributed by atoms with Crippen molar-refractivity contribution < 1.29 is 4.39 Å². The van der Waals surface area contributed by atoms with E-state index in [2.05, 4.69) is 19.2 Å². The Labute approximate surface area is 89.1 Å². The van der Waals surface area contributed by atoms with E-state index in [0.29, 0.717) is 11.3 Å². The number of benzene rings is 1. The normalized spacial score (nSPS) is 15.1. The van der Waals surface area contributed by atoms with E-state index in [9.17, 15) is 4.39 Å². The number of thioether (sulfide) groups is 1. The van der Waals surface area contributed by atoms with E-state index in [4.69, 9.17) is 0 Å². The molecule has 0 aromatic heterocycles. The molecule has 1 nitrogen and oxygen atoms in total. The Morgan fingerprint density at radius 2 is 1.79 bits per heavy atom. The first-order valence-corrected chi connectivity index (χ1v) is 5.61. The largest absolute Gasteiger partial charge is 0.316 e. The van der Waals surface area contributed by atoms with Crippen LogP contribution in [0.15, 0.2) is 29.2 Å². The Morgan fingerprint density at radius 3 is 2.29 bits per heavy atom. The minimum atomic E-state index is -0.177. The van der Waals surface area contributed by atoms with Crippen molar-refractivity contribution in [2.75, 3.05) is 7.05 Å². The maximum absolute atomic E-state index is 12.6. The first kappa shape index (κ1) is 11.5. The van der Waals surface area contributed by atoms with Gasteiger partial charge in [-0.25, -0.2) is 4.39 Å². The highest BCUT2D eigenvalue weighted by atomic mass is 32.2. The summed E-state index contributed by atoms with van der Waals surface area (Å²) in [5.74, 6) is -0.177. The van der Waals surface area contributed by atoms with Crippen molar-refractivity contribution in [3.8, 4) is 0 Å². The Kier molecular flexibility index (Phi) is 4.42. The van der Waals surface area contributed by atoms with Crippen molar-refractivity contribution in [3.05, 3.63) is 30.1 Å². The van der Waals surface area contributed by atoms with Gasteiger partial charge in [-0.2, -0.15) is 0 Å². The number of hydrogen-bond donors (Lipinski definition) is 1. The van der Waals surface area contributed by atoms with Crippen molar-refractivity contribution in [2.24, 2.45) is 0 Å². The van der Waals surface area contributed by atoms with E-state index < -0.39 is 0 Å². The van der Waals surface area contributed by atoms with Gasteiger partial charge in [0, 0.05) is 16.2 Å². The lowest BCUT2D eigenvalue weighted by Gasteiger charge is -2.18. The maximum Gasteiger partial charge on any atom is 0.123 e. The average Bonchev–Trinajstić information content (AvgIpc) is 2.20. The van der Waals surface area contributed by atoms with E-state index in [1.807, 2.05) is 19.2 Å². The van der Waals surface area contributed by atoms with E-state index in [1.165, 1.54) is 12.1 Å². The van der Waals surface area contributed by atoms with Crippen LogP contribution in [0.3, 0.4) is 0 Å². The quantitative estimate of drug-likeness (QED) is 0.772. The second kappa shape index (κ2) is 5.37. The monoisotopic (exact) mass is 213 g/mol. The number of nitrogens with one attached hydrogen (secondary N) is 1. The predicted octanol–water partition coefficient (Wildman–Crippen LogP) is 2.91. The molecule has 2 unspecified atom stereocenters. The molecule has 0 saturated carbocycles. The second-order valence-corrected chi connectivity index (χ2v) is 4.80. The molecule has 1 rings (SSSR count). The van der Waals surface area contributed by atoms with Gasteiger partial charge in [0.25, 0.3) is 0 Å². The molecule has 0 saturated heterocycles. The molecule has 0 aliphatic heterocycles. The van der Waals surface area contributed by atoms with Crippen LogP contribution >= 0.6 is 11.8 Å². The summed E-state index contributed by atoms with van der Waals surface area (Å²) in [5, 5.41) is 3.68. The van der Waals surface area contributed by atoms with Gasteiger partial charge in [0.15, 0.2) is 0 Å². The third-order valence-electron chi connectivity index (χ3n) is 2.30. The fourth-order valence-corrected chi connectivity index (χ4v) is 2.13. The van der Waals surface area contributed by atoms with E-state index in [-0.39, 0.29) is 5.82 Å². The fraction of sp³-hybridized carbons (Fsp3) is 0.455. The number of rotatable bonds is 4. The van der Waals surface area contributed by atoms with Gasteiger partial charge in [-0.05, 0) is 38.2 Å². The van der Waals surface area contributed by atoms with Gasteiger partial charge in [0.1, 0.15) is 5.82 Å². The predicted molar refractivity (Wildman–Crippen MR) is 60.2 cm³/mol. The summed E-state index contributed by atoms with van der Waals surface area (Å²) in [6.45, 7) is 4.30. The lowest BCUT2D eigenvalue weighted by Crippen LogP contribution is -2.30. The van der Waals surface area contributed by atoms with Gasteiger partial charge < -0.3 is 5.32 Å². The highest BCUT2D eigenvalue weighted by Crippen LogP contribution is 2.24. The molecule has 78 valence electrons. The smallest absolute Gasteiger partial charge is 0.123 e. The minimum absolute atomic E-state index is 0.177. The minimum Gasteiger partial charge on any atom is -0.316 e. The molecule has 1 N–H and O–H groups in total. The molecule has 0 amide bonds. The molecule has 1 aromatic rings. The van der Waals surface area contributed by atoms with Crippen LogP contribution in [0.2, 0.25) is 0 Å². The number of hydrogen-bond acceptors (Lipinski definition) is 2. The lowest BCUT2D eigenvalue weighted by atomic mass is 10.3. The Balaban J connectivity index is 2.56. The van der Waals surface area contributed by atoms with Crippen molar-refractivity contribution >= 4 is 11.8 Å². The summed E-state index contributed by atoms with van der Waals surface area (Å²) in [5.41, 5.74) is 0. The second-order valence-electron chi connectivity index (χ2n) is 3.35. The third kappa shape index (κ3) is 3.31. The average molecular weight is 213 g/mol. The summed E-state index contributed by atoms with van der Waals surface area (Å²) in [4.78, 5) is 1.11. The zero-order valence-corrected chi connectivity index (χ0v) is 9.57. The van der Waals surface area contributed by atoms with Gasteiger partial charge in [-0.15, -0.1) is 11.8 Å². The lowest BCUT2D eigenvalue weighted by molar-refractivity contribution is 0.605. The fourth-order valence-electron chi connectivity index (χ4n) is 1.06. The van der Waals surface area contributed by atoms with Gasteiger partial charge in [0.2, 0.25) is 0 Å².